The van der Waals surface area contributed by atoms with Gasteiger partial charge in [-0.2, -0.15) is 0 Å². The number of pyridine rings is 1. The molecule has 0 atom stereocenters. The van der Waals surface area contributed by atoms with Gasteiger partial charge in [0, 0.05) is 12.4 Å². The van der Waals surface area contributed by atoms with E-state index in [1.807, 2.05) is 24.5 Å². The van der Waals surface area contributed by atoms with Crippen molar-refractivity contribution in [2.45, 2.75) is 33.6 Å². The molecular weight excluding hydrogens is 170 g/mol. The molecule has 0 bridgehead atoms. The zero-order chi connectivity index (χ0) is 10.6. The number of allylic oxidation sites excluding steroid dienone is 1. The van der Waals surface area contributed by atoms with Crippen LogP contribution in [-0.4, -0.2) is 4.98 Å². The van der Waals surface area contributed by atoms with Crippen LogP contribution in [0.15, 0.2) is 31.1 Å². The maximum atomic E-state index is 4.10. The van der Waals surface area contributed by atoms with Crippen molar-refractivity contribution >= 4 is 5.57 Å². The summed E-state index contributed by atoms with van der Waals surface area (Å²) in [6.07, 6.45) is 5.87. The van der Waals surface area contributed by atoms with E-state index in [0.29, 0.717) is 5.41 Å². The van der Waals surface area contributed by atoms with E-state index in [9.17, 15) is 0 Å². The molecule has 76 valence electrons. The van der Waals surface area contributed by atoms with Gasteiger partial charge in [-0.05, 0) is 41.5 Å². The number of hydrogen-bond acceptors (Lipinski definition) is 1. The van der Waals surface area contributed by atoms with Crippen LogP contribution in [0.4, 0.5) is 0 Å². The van der Waals surface area contributed by atoms with Gasteiger partial charge in [0.2, 0.25) is 0 Å². The zero-order valence-corrected chi connectivity index (χ0v) is 9.38. The Hall–Kier alpha value is -1.11. The van der Waals surface area contributed by atoms with Crippen LogP contribution in [0.5, 0.6) is 0 Å². The van der Waals surface area contributed by atoms with E-state index in [1.165, 1.54) is 17.6 Å². The van der Waals surface area contributed by atoms with Crippen LogP contribution in [0.3, 0.4) is 0 Å². The van der Waals surface area contributed by atoms with Crippen LogP contribution in [0.2, 0.25) is 0 Å². The molecule has 0 N–H and O–H groups in total. The number of rotatable bonds is 3. The molecule has 0 amide bonds. The highest BCUT2D eigenvalue weighted by Crippen LogP contribution is 2.26. The fourth-order valence-corrected chi connectivity index (χ4v) is 1.26. The van der Waals surface area contributed by atoms with Crippen LogP contribution < -0.4 is 0 Å². The largest absolute Gasteiger partial charge is 0.265 e. The van der Waals surface area contributed by atoms with Crippen molar-refractivity contribution in [1.82, 2.24) is 4.98 Å². The third kappa shape index (κ3) is 3.73. The molecule has 14 heavy (non-hydrogen) atoms. The van der Waals surface area contributed by atoms with E-state index in [0.717, 1.165) is 6.42 Å². The van der Waals surface area contributed by atoms with Crippen LogP contribution >= 0.6 is 0 Å². The summed E-state index contributed by atoms with van der Waals surface area (Å²) in [5.74, 6) is 0. The van der Waals surface area contributed by atoms with Crippen molar-refractivity contribution in [3.63, 3.8) is 0 Å². The Bertz CT molecular complexity index is 293. The minimum atomic E-state index is 0.385. The number of nitrogens with zero attached hydrogens (tertiary/aromatic N) is 1. The first-order chi connectivity index (χ1) is 6.49. The second kappa shape index (κ2) is 4.41. The van der Waals surface area contributed by atoms with E-state index >= 15 is 0 Å². The number of aromatic nitrogens is 1. The molecule has 0 aliphatic rings. The summed E-state index contributed by atoms with van der Waals surface area (Å²) in [6, 6.07) is 4.04. The molecule has 1 aromatic heterocycles. The average Bonchev–Trinajstić information content (AvgIpc) is 2.14. The first-order valence-electron chi connectivity index (χ1n) is 5.07. The third-order valence-corrected chi connectivity index (χ3v) is 2.27. The highest BCUT2D eigenvalue weighted by atomic mass is 14.6. The van der Waals surface area contributed by atoms with E-state index in [2.05, 4.69) is 32.3 Å². The normalized spacial score (nSPS) is 11.4. The predicted molar refractivity (Wildman–Crippen MR) is 62.0 cm³/mol. The molecule has 0 radical (unpaired) electrons. The fraction of sp³-hybridized carbons (Fsp3) is 0.462. The van der Waals surface area contributed by atoms with Crippen molar-refractivity contribution in [3.05, 3.63) is 36.7 Å². The Morgan fingerprint density at radius 3 is 2.36 bits per heavy atom. The van der Waals surface area contributed by atoms with Gasteiger partial charge in [-0.25, -0.2) is 0 Å². The van der Waals surface area contributed by atoms with Crippen molar-refractivity contribution in [1.29, 1.82) is 0 Å². The van der Waals surface area contributed by atoms with Gasteiger partial charge in [-0.15, -0.1) is 0 Å². The van der Waals surface area contributed by atoms with Gasteiger partial charge >= 0.3 is 0 Å². The summed E-state index contributed by atoms with van der Waals surface area (Å²) in [5.41, 5.74) is 2.81. The summed E-state index contributed by atoms with van der Waals surface area (Å²) in [5, 5.41) is 0. The standard InChI is InChI=1S/C13H19N/c1-11(5-8-13(2,3)4)12-6-9-14-10-7-12/h6-7,9-10H,1,5,8H2,2-4H3. The molecule has 0 aliphatic heterocycles. The van der Waals surface area contributed by atoms with Gasteiger partial charge in [0.1, 0.15) is 0 Å². The van der Waals surface area contributed by atoms with E-state index < -0.39 is 0 Å². The fourth-order valence-electron chi connectivity index (χ4n) is 1.26. The summed E-state index contributed by atoms with van der Waals surface area (Å²) in [6.45, 7) is 10.9. The smallest absolute Gasteiger partial charge is 0.0273 e. The maximum Gasteiger partial charge on any atom is 0.0273 e. The highest BCUT2D eigenvalue weighted by Gasteiger charge is 2.10. The monoisotopic (exact) mass is 189 g/mol. The molecule has 0 aliphatic carbocycles. The SMILES string of the molecule is C=C(CCC(C)(C)C)c1ccncc1. The summed E-state index contributed by atoms with van der Waals surface area (Å²) in [4.78, 5) is 4.00. The zero-order valence-electron chi connectivity index (χ0n) is 9.38. The summed E-state index contributed by atoms with van der Waals surface area (Å²) < 4.78 is 0. The Balaban J connectivity index is 2.52. The lowest BCUT2D eigenvalue weighted by atomic mass is 9.87. The first kappa shape index (κ1) is 11.0. The second-order valence-corrected chi connectivity index (χ2v) is 4.90. The minimum absolute atomic E-state index is 0.385. The summed E-state index contributed by atoms with van der Waals surface area (Å²) >= 11 is 0. The van der Waals surface area contributed by atoms with Crippen molar-refractivity contribution in [2.75, 3.05) is 0 Å². The average molecular weight is 189 g/mol. The van der Waals surface area contributed by atoms with E-state index in [1.54, 1.807) is 0 Å². The molecule has 0 spiro atoms. The second-order valence-electron chi connectivity index (χ2n) is 4.90. The van der Waals surface area contributed by atoms with Gasteiger partial charge in [0.15, 0.2) is 0 Å². The number of hydrogen-bond donors (Lipinski definition) is 0. The van der Waals surface area contributed by atoms with Gasteiger partial charge in [0.25, 0.3) is 0 Å². The van der Waals surface area contributed by atoms with Crippen molar-refractivity contribution < 1.29 is 0 Å². The Morgan fingerprint density at radius 2 is 1.86 bits per heavy atom. The lowest BCUT2D eigenvalue weighted by Crippen LogP contribution is -2.04. The van der Waals surface area contributed by atoms with Crippen LogP contribution in [0, 0.1) is 5.41 Å². The molecule has 0 fully saturated rings. The van der Waals surface area contributed by atoms with E-state index in [-0.39, 0.29) is 0 Å². The van der Waals surface area contributed by atoms with E-state index in [4.69, 9.17) is 0 Å². The Morgan fingerprint density at radius 1 is 1.29 bits per heavy atom. The Labute approximate surface area is 86.9 Å². The quantitative estimate of drug-likeness (QED) is 0.702. The molecule has 1 heterocycles. The molecule has 1 heteroatoms. The van der Waals surface area contributed by atoms with Crippen LogP contribution in [0.1, 0.15) is 39.2 Å². The highest BCUT2D eigenvalue weighted by molar-refractivity contribution is 5.62. The lowest BCUT2D eigenvalue weighted by Gasteiger charge is -2.18. The Kier molecular flexibility index (Phi) is 3.45. The molecule has 1 aromatic rings. The summed E-state index contributed by atoms with van der Waals surface area (Å²) in [7, 11) is 0. The third-order valence-electron chi connectivity index (χ3n) is 2.27. The molecule has 0 saturated heterocycles. The van der Waals surface area contributed by atoms with Crippen molar-refractivity contribution in [2.24, 2.45) is 5.41 Å². The topological polar surface area (TPSA) is 12.9 Å². The van der Waals surface area contributed by atoms with Crippen LogP contribution in [-0.2, 0) is 0 Å². The van der Waals surface area contributed by atoms with Gasteiger partial charge in [0.05, 0.1) is 0 Å². The molecule has 0 aromatic carbocycles. The van der Waals surface area contributed by atoms with Gasteiger partial charge in [-0.1, -0.05) is 27.4 Å². The minimum Gasteiger partial charge on any atom is -0.265 e. The maximum absolute atomic E-state index is 4.10. The lowest BCUT2D eigenvalue weighted by molar-refractivity contribution is 0.384. The van der Waals surface area contributed by atoms with Gasteiger partial charge < -0.3 is 0 Å². The molecule has 0 saturated carbocycles. The molecule has 0 unspecified atom stereocenters. The predicted octanol–water partition coefficient (Wildman–Crippen LogP) is 3.92. The van der Waals surface area contributed by atoms with Gasteiger partial charge in [-0.3, -0.25) is 4.98 Å². The molecule has 1 rings (SSSR count). The first-order valence-corrected chi connectivity index (χ1v) is 5.07. The van der Waals surface area contributed by atoms with Crippen LogP contribution in [0.25, 0.3) is 5.57 Å². The molecule has 1 nitrogen and oxygen atoms in total. The van der Waals surface area contributed by atoms with Crippen molar-refractivity contribution in [3.8, 4) is 0 Å². The molecular formula is C13H19N.